The lowest BCUT2D eigenvalue weighted by molar-refractivity contribution is -0.136. The lowest BCUT2D eigenvalue weighted by atomic mass is 10.4. The lowest BCUT2D eigenvalue weighted by Gasteiger charge is -2.05. The number of nitrogens with one attached hydrogen (secondary N) is 1. The van der Waals surface area contributed by atoms with Crippen LogP contribution in [0.25, 0.3) is 0 Å². The molecule has 0 radical (unpaired) electrons. The fourth-order valence-electron chi connectivity index (χ4n) is 0.481. The maximum absolute atomic E-state index is 9.97. The Kier molecular flexibility index (Phi) is 4.53. The Morgan fingerprint density at radius 2 is 2.50 bits per heavy atom. The van der Waals surface area contributed by atoms with Gasteiger partial charge in [0.05, 0.1) is 12.7 Å². The molecule has 0 aromatic heterocycles. The molecule has 1 atom stereocenters. The Balaban J connectivity index is 3.39. The second kappa shape index (κ2) is 4.96. The highest BCUT2D eigenvalue weighted by molar-refractivity contribution is 5.69. The summed E-state index contributed by atoms with van der Waals surface area (Å²) in [7, 11) is 0. The molecule has 0 aromatic rings. The number of aliphatic carboxylic acids is 1. The number of carboxylic acid groups (broad SMARTS) is 1. The Morgan fingerprint density at radius 3 is 2.90 bits per heavy atom. The van der Waals surface area contributed by atoms with Crippen LogP contribution in [-0.4, -0.2) is 23.8 Å². The third-order valence-corrected chi connectivity index (χ3v) is 0.889. The Morgan fingerprint density at radius 1 is 1.90 bits per heavy atom. The lowest BCUT2D eigenvalue weighted by Crippen LogP contribution is -2.38. The van der Waals surface area contributed by atoms with E-state index in [-0.39, 0.29) is 12.7 Å². The van der Waals surface area contributed by atoms with Crippen LogP contribution >= 0.6 is 0 Å². The monoisotopic (exact) mass is 144 g/mol. The summed E-state index contributed by atoms with van der Waals surface area (Å²) < 4.78 is 0. The first-order chi connectivity index (χ1) is 4.66. The van der Waals surface area contributed by atoms with Gasteiger partial charge in [-0.15, -0.1) is 0 Å². The molecule has 4 N–H and O–H groups in total. The van der Waals surface area contributed by atoms with Crippen LogP contribution in [0.15, 0.2) is 12.2 Å². The summed E-state index contributed by atoms with van der Waals surface area (Å²) in [6.45, 7) is 1.72. The molecule has 0 aliphatic carbocycles. The molecule has 0 heterocycles. The van der Waals surface area contributed by atoms with Crippen molar-refractivity contribution in [3.63, 3.8) is 0 Å². The maximum atomic E-state index is 9.97. The average molecular weight is 144 g/mol. The van der Waals surface area contributed by atoms with Gasteiger partial charge in [-0.25, -0.2) is 0 Å². The van der Waals surface area contributed by atoms with Crippen molar-refractivity contribution in [3.8, 4) is 0 Å². The Labute approximate surface area is 59.7 Å². The summed E-state index contributed by atoms with van der Waals surface area (Å²) in [4.78, 5) is 9.97. The molecule has 0 saturated heterocycles. The van der Waals surface area contributed by atoms with Crippen LogP contribution in [0.2, 0.25) is 0 Å². The molecule has 0 bridgehead atoms. The first-order valence-electron chi connectivity index (χ1n) is 3.00. The number of nitrogens with two attached hydrogens (primary N) is 1. The number of hydrogen-bond acceptors (Lipinski definition) is 3. The maximum Gasteiger partial charge on any atom is 0.317 e. The molecule has 4 nitrogen and oxygen atoms in total. The van der Waals surface area contributed by atoms with E-state index in [1.54, 1.807) is 12.2 Å². The third-order valence-electron chi connectivity index (χ3n) is 0.889. The molecule has 4 heteroatoms. The number of carbonyl (C=O) groups is 1. The average Bonchev–Trinajstić information content (AvgIpc) is 1.85. The first-order valence-corrected chi connectivity index (χ1v) is 3.00. The largest absolute Gasteiger partial charge is 0.480 e. The van der Waals surface area contributed by atoms with Gasteiger partial charge in [-0.05, 0) is 6.92 Å². The fraction of sp³-hybridized carbons (Fsp3) is 0.500. The van der Waals surface area contributed by atoms with Crippen molar-refractivity contribution in [1.82, 2.24) is 5.32 Å². The number of allylic oxidation sites excluding steroid dienone is 1. The second-order valence-corrected chi connectivity index (χ2v) is 1.83. The normalized spacial score (nSPS) is 13.8. The number of hydrogen-bond donors (Lipinski definition) is 3. The minimum Gasteiger partial charge on any atom is -0.480 e. The van der Waals surface area contributed by atoms with Crippen LogP contribution in [0.3, 0.4) is 0 Å². The fourth-order valence-corrected chi connectivity index (χ4v) is 0.481. The van der Waals surface area contributed by atoms with Gasteiger partial charge in [-0.3, -0.25) is 10.1 Å². The van der Waals surface area contributed by atoms with Crippen molar-refractivity contribution in [1.29, 1.82) is 0 Å². The highest BCUT2D eigenvalue weighted by atomic mass is 16.4. The van der Waals surface area contributed by atoms with Gasteiger partial charge in [0, 0.05) is 0 Å². The van der Waals surface area contributed by atoms with E-state index in [9.17, 15) is 4.79 Å². The van der Waals surface area contributed by atoms with E-state index in [4.69, 9.17) is 10.8 Å². The Hall–Kier alpha value is -0.870. The molecule has 0 rings (SSSR count). The number of carboxylic acids is 1. The predicted molar refractivity (Wildman–Crippen MR) is 38.4 cm³/mol. The van der Waals surface area contributed by atoms with Gasteiger partial charge in [0.1, 0.15) is 0 Å². The van der Waals surface area contributed by atoms with Crippen LogP contribution in [0.4, 0.5) is 0 Å². The van der Waals surface area contributed by atoms with E-state index >= 15 is 0 Å². The second-order valence-electron chi connectivity index (χ2n) is 1.83. The zero-order valence-corrected chi connectivity index (χ0v) is 5.87. The highest BCUT2D eigenvalue weighted by Crippen LogP contribution is 1.74. The van der Waals surface area contributed by atoms with Crippen LogP contribution in [0.5, 0.6) is 0 Å². The molecule has 0 aliphatic rings. The van der Waals surface area contributed by atoms with Gasteiger partial charge in [0.2, 0.25) is 0 Å². The highest BCUT2D eigenvalue weighted by Gasteiger charge is 1.98. The van der Waals surface area contributed by atoms with E-state index in [0.29, 0.717) is 0 Å². The van der Waals surface area contributed by atoms with E-state index in [0.717, 1.165) is 0 Å². The quantitative estimate of drug-likeness (QED) is 0.368. The van der Waals surface area contributed by atoms with Gasteiger partial charge in [-0.1, -0.05) is 12.2 Å². The molecule has 0 amide bonds. The topological polar surface area (TPSA) is 75.3 Å². The minimum absolute atomic E-state index is 0.106. The summed E-state index contributed by atoms with van der Waals surface area (Å²) in [6, 6.07) is 0. The van der Waals surface area contributed by atoms with Crippen molar-refractivity contribution in [2.45, 2.75) is 13.1 Å². The van der Waals surface area contributed by atoms with Crippen molar-refractivity contribution in [3.05, 3.63) is 12.2 Å². The van der Waals surface area contributed by atoms with Gasteiger partial charge >= 0.3 is 5.97 Å². The number of rotatable bonds is 4. The van der Waals surface area contributed by atoms with Crippen LogP contribution in [0.1, 0.15) is 6.92 Å². The van der Waals surface area contributed by atoms with E-state index in [1.165, 1.54) is 0 Å². The predicted octanol–water partition coefficient (Wildman–Crippen LogP) is -0.478. The van der Waals surface area contributed by atoms with Crippen molar-refractivity contribution in [2.75, 3.05) is 6.54 Å². The van der Waals surface area contributed by atoms with Crippen molar-refractivity contribution < 1.29 is 9.90 Å². The minimum atomic E-state index is -0.903. The standard InChI is InChI=1S/C6H12N2O2/c1-2-3-5(7)8-4-6(9)10/h2-3,5,8H,4,7H2,1H3,(H,9,10). The first kappa shape index (κ1) is 9.13. The molecule has 1 unspecified atom stereocenters. The zero-order valence-electron chi connectivity index (χ0n) is 5.87. The third kappa shape index (κ3) is 5.27. The molecule has 0 saturated carbocycles. The molecule has 0 fully saturated rings. The summed E-state index contributed by atoms with van der Waals surface area (Å²) in [5.41, 5.74) is 5.37. The van der Waals surface area contributed by atoms with Crippen LogP contribution in [0, 0.1) is 0 Å². The molecule has 0 spiro atoms. The SMILES string of the molecule is CC=CC(N)NCC(=O)O. The molecule has 0 aromatic carbocycles. The Bertz CT molecular complexity index is 134. The smallest absolute Gasteiger partial charge is 0.317 e. The van der Waals surface area contributed by atoms with E-state index in [2.05, 4.69) is 5.32 Å². The van der Waals surface area contributed by atoms with E-state index < -0.39 is 5.97 Å². The summed E-state index contributed by atoms with van der Waals surface area (Å²) >= 11 is 0. The van der Waals surface area contributed by atoms with Gasteiger partial charge in [-0.2, -0.15) is 0 Å². The molecular formula is C6H12N2O2. The zero-order chi connectivity index (χ0) is 7.98. The summed E-state index contributed by atoms with van der Waals surface area (Å²) in [6.07, 6.45) is 3.09. The van der Waals surface area contributed by atoms with Gasteiger partial charge < -0.3 is 10.8 Å². The van der Waals surface area contributed by atoms with Gasteiger partial charge in [0.25, 0.3) is 0 Å². The van der Waals surface area contributed by atoms with E-state index in [1.807, 2.05) is 6.92 Å². The van der Waals surface area contributed by atoms with Gasteiger partial charge in [0.15, 0.2) is 0 Å². The molecule has 58 valence electrons. The van der Waals surface area contributed by atoms with Crippen molar-refractivity contribution in [2.24, 2.45) is 5.73 Å². The molecule has 10 heavy (non-hydrogen) atoms. The summed E-state index contributed by atoms with van der Waals surface area (Å²) in [5, 5.41) is 10.8. The van der Waals surface area contributed by atoms with Crippen molar-refractivity contribution >= 4 is 5.97 Å². The molecular weight excluding hydrogens is 132 g/mol. The van der Waals surface area contributed by atoms with Crippen LogP contribution in [-0.2, 0) is 4.79 Å². The summed E-state index contributed by atoms with van der Waals surface area (Å²) in [5.74, 6) is -0.903. The molecule has 0 aliphatic heterocycles. The van der Waals surface area contributed by atoms with Crippen LogP contribution < -0.4 is 11.1 Å².